The number of carbonyl (C=O) groups excluding carboxylic acids is 2. The number of primary amides is 1. The number of benzene rings is 2. The minimum atomic E-state index is -0.709. The number of hydrogen-bond donors (Lipinski definition) is 2. The van der Waals surface area contributed by atoms with Crippen LogP contribution < -0.4 is 16.2 Å². The van der Waals surface area contributed by atoms with Gasteiger partial charge in [0.15, 0.2) is 0 Å². The van der Waals surface area contributed by atoms with Gasteiger partial charge in [-0.15, -0.1) is 12.4 Å². The number of methoxy groups -OCH3 is 1. The summed E-state index contributed by atoms with van der Waals surface area (Å²) >= 11 is 0. The predicted octanol–water partition coefficient (Wildman–Crippen LogP) is 2.89. The molecule has 0 saturated carbocycles. The molecule has 2 amide bonds. The van der Waals surface area contributed by atoms with Gasteiger partial charge in [0.2, 0.25) is 5.91 Å². The van der Waals surface area contributed by atoms with Crippen LogP contribution in [0.1, 0.15) is 24.0 Å². The molecule has 0 unspecified atom stereocenters. The van der Waals surface area contributed by atoms with E-state index in [9.17, 15) is 9.59 Å². The summed E-state index contributed by atoms with van der Waals surface area (Å²) in [5.41, 5.74) is 12.9. The normalized spacial score (nSPS) is 11.1. The fraction of sp³-hybridized carbons (Fsp3) is 0.364. The average Bonchev–Trinajstić information content (AvgIpc) is 2.75. The smallest absolute Gasteiger partial charge is 0.410 e. The minimum Gasteiger partial charge on any atom is -0.497 e. The van der Waals surface area contributed by atoms with Crippen LogP contribution in [0.15, 0.2) is 54.6 Å². The molecular weight excluding hydrogens is 406 g/mol. The molecule has 7 nitrogen and oxygen atoms in total. The fourth-order valence-electron chi connectivity index (χ4n) is 2.81. The molecule has 0 bridgehead atoms. The van der Waals surface area contributed by atoms with Crippen molar-refractivity contribution in [2.75, 3.05) is 20.2 Å². The van der Waals surface area contributed by atoms with Crippen molar-refractivity contribution in [3.05, 3.63) is 65.7 Å². The molecule has 1 atom stereocenters. The van der Waals surface area contributed by atoms with E-state index >= 15 is 0 Å². The van der Waals surface area contributed by atoms with Gasteiger partial charge >= 0.3 is 6.09 Å². The molecule has 8 heteroatoms. The van der Waals surface area contributed by atoms with Gasteiger partial charge in [-0.05, 0) is 42.5 Å². The first-order valence-electron chi connectivity index (χ1n) is 9.63. The Morgan fingerprint density at radius 1 is 1.00 bits per heavy atom. The van der Waals surface area contributed by atoms with Gasteiger partial charge in [0.25, 0.3) is 0 Å². The lowest BCUT2D eigenvalue weighted by molar-refractivity contribution is -0.119. The van der Waals surface area contributed by atoms with E-state index in [4.69, 9.17) is 20.9 Å². The number of halogens is 1. The molecule has 0 heterocycles. The van der Waals surface area contributed by atoms with Crippen LogP contribution >= 0.6 is 12.4 Å². The van der Waals surface area contributed by atoms with Gasteiger partial charge in [-0.3, -0.25) is 4.79 Å². The number of amides is 2. The Kier molecular flexibility index (Phi) is 11.3. The van der Waals surface area contributed by atoms with E-state index in [1.54, 1.807) is 12.0 Å². The van der Waals surface area contributed by atoms with Crippen LogP contribution in [0.5, 0.6) is 5.75 Å². The molecule has 2 rings (SSSR count). The molecule has 0 spiro atoms. The average molecular weight is 436 g/mol. The molecule has 30 heavy (non-hydrogen) atoms. The van der Waals surface area contributed by atoms with Crippen LogP contribution in [0.4, 0.5) is 4.79 Å². The minimum absolute atomic E-state index is 0. The van der Waals surface area contributed by atoms with Gasteiger partial charge in [-0.25, -0.2) is 4.79 Å². The lowest BCUT2D eigenvalue weighted by atomic mass is 10.1. The Morgan fingerprint density at radius 2 is 1.67 bits per heavy atom. The van der Waals surface area contributed by atoms with Crippen LogP contribution in [0.25, 0.3) is 0 Å². The Balaban J connectivity index is 0.00000450. The molecule has 164 valence electrons. The van der Waals surface area contributed by atoms with E-state index in [1.165, 1.54) is 0 Å². The summed E-state index contributed by atoms with van der Waals surface area (Å²) in [5.74, 6) is 0.245. The van der Waals surface area contributed by atoms with Gasteiger partial charge in [0, 0.05) is 13.1 Å². The molecule has 4 N–H and O–H groups in total. The Bertz CT molecular complexity index is 772. The highest BCUT2D eigenvalue weighted by Crippen LogP contribution is 2.13. The van der Waals surface area contributed by atoms with E-state index < -0.39 is 18.0 Å². The maximum atomic E-state index is 12.6. The number of carbonyl (C=O) groups is 2. The van der Waals surface area contributed by atoms with E-state index in [1.807, 2.05) is 54.6 Å². The standard InChI is InChI=1S/C22H29N3O4.ClH/c1-28-19-11-9-17(10-12-19)13-15-25(14-5-8-20(23)21(24)26)22(27)29-16-18-6-3-2-4-7-18;/h2-4,6-7,9-12,20H,5,8,13-16,23H2,1H3,(H2,24,26);1H/t20-;/m1./s1. The van der Waals surface area contributed by atoms with E-state index in [2.05, 4.69) is 0 Å². The molecule has 0 aliphatic heterocycles. The van der Waals surface area contributed by atoms with Crippen molar-refractivity contribution < 1.29 is 19.1 Å². The summed E-state index contributed by atoms with van der Waals surface area (Å²) in [7, 11) is 1.62. The SMILES string of the molecule is COc1ccc(CCN(CCC[C@@H](N)C(N)=O)C(=O)OCc2ccccc2)cc1.Cl. The molecule has 2 aromatic carbocycles. The number of rotatable bonds is 11. The molecule has 0 radical (unpaired) electrons. The first kappa shape index (κ1) is 25.3. The second-order valence-electron chi connectivity index (χ2n) is 6.78. The summed E-state index contributed by atoms with van der Waals surface area (Å²) in [5, 5.41) is 0. The van der Waals surface area contributed by atoms with Crippen molar-refractivity contribution in [2.45, 2.75) is 31.9 Å². The third-order valence-corrected chi connectivity index (χ3v) is 4.60. The van der Waals surface area contributed by atoms with Crippen LogP contribution in [0.3, 0.4) is 0 Å². The lowest BCUT2D eigenvalue weighted by Crippen LogP contribution is -2.38. The van der Waals surface area contributed by atoms with Crippen molar-refractivity contribution in [1.29, 1.82) is 0 Å². The zero-order valence-electron chi connectivity index (χ0n) is 17.2. The first-order valence-corrected chi connectivity index (χ1v) is 9.63. The summed E-state index contributed by atoms with van der Waals surface area (Å²) in [6.45, 7) is 1.13. The molecular formula is C22H30ClN3O4. The third-order valence-electron chi connectivity index (χ3n) is 4.60. The summed E-state index contributed by atoms with van der Waals surface area (Å²) in [6, 6.07) is 16.5. The third kappa shape index (κ3) is 8.71. The Hall–Kier alpha value is -2.77. The summed E-state index contributed by atoms with van der Waals surface area (Å²) in [4.78, 5) is 25.4. The molecule has 2 aromatic rings. The fourth-order valence-corrected chi connectivity index (χ4v) is 2.81. The predicted molar refractivity (Wildman–Crippen MR) is 119 cm³/mol. The highest BCUT2D eigenvalue weighted by atomic mass is 35.5. The summed E-state index contributed by atoms with van der Waals surface area (Å²) < 4.78 is 10.6. The molecule has 0 aliphatic carbocycles. The molecule has 0 aromatic heterocycles. The lowest BCUT2D eigenvalue weighted by Gasteiger charge is -2.23. The van der Waals surface area contributed by atoms with Crippen molar-refractivity contribution >= 4 is 24.4 Å². The van der Waals surface area contributed by atoms with Crippen molar-refractivity contribution in [2.24, 2.45) is 11.5 Å². The van der Waals surface area contributed by atoms with Crippen LogP contribution in [-0.2, 0) is 22.6 Å². The number of nitrogens with zero attached hydrogens (tertiary/aromatic N) is 1. The number of nitrogens with two attached hydrogens (primary N) is 2. The Labute approximate surface area is 183 Å². The highest BCUT2D eigenvalue weighted by Gasteiger charge is 2.17. The van der Waals surface area contributed by atoms with Crippen LogP contribution in [0.2, 0.25) is 0 Å². The quantitative estimate of drug-likeness (QED) is 0.564. The van der Waals surface area contributed by atoms with Crippen LogP contribution in [-0.4, -0.2) is 43.1 Å². The maximum absolute atomic E-state index is 12.6. The van der Waals surface area contributed by atoms with Crippen molar-refractivity contribution in [3.8, 4) is 5.75 Å². The van der Waals surface area contributed by atoms with Gasteiger partial charge in [-0.2, -0.15) is 0 Å². The first-order chi connectivity index (χ1) is 14.0. The van der Waals surface area contributed by atoms with Crippen molar-refractivity contribution in [3.63, 3.8) is 0 Å². The van der Waals surface area contributed by atoms with E-state index in [-0.39, 0.29) is 19.0 Å². The second kappa shape index (κ2) is 13.5. The van der Waals surface area contributed by atoms with Crippen molar-refractivity contribution in [1.82, 2.24) is 4.90 Å². The highest BCUT2D eigenvalue weighted by molar-refractivity contribution is 5.85. The zero-order valence-corrected chi connectivity index (χ0v) is 18.0. The monoisotopic (exact) mass is 435 g/mol. The van der Waals surface area contributed by atoms with Crippen LogP contribution in [0, 0.1) is 0 Å². The number of ether oxygens (including phenoxy) is 2. The zero-order chi connectivity index (χ0) is 21.1. The Morgan fingerprint density at radius 3 is 2.27 bits per heavy atom. The molecule has 0 aliphatic rings. The topological polar surface area (TPSA) is 108 Å². The van der Waals surface area contributed by atoms with Gasteiger partial charge in [0.05, 0.1) is 13.2 Å². The molecule has 0 fully saturated rings. The van der Waals surface area contributed by atoms with E-state index in [0.29, 0.717) is 32.4 Å². The maximum Gasteiger partial charge on any atom is 0.410 e. The summed E-state index contributed by atoms with van der Waals surface area (Å²) in [6.07, 6.45) is 1.26. The number of hydrogen-bond acceptors (Lipinski definition) is 5. The molecule has 0 saturated heterocycles. The van der Waals surface area contributed by atoms with E-state index in [0.717, 1.165) is 16.9 Å². The van der Waals surface area contributed by atoms with Gasteiger partial charge in [-0.1, -0.05) is 42.5 Å². The van der Waals surface area contributed by atoms with Gasteiger partial charge < -0.3 is 25.8 Å². The van der Waals surface area contributed by atoms with Gasteiger partial charge in [0.1, 0.15) is 12.4 Å². The second-order valence-corrected chi connectivity index (χ2v) is 6.78. The largest absolute Gasteiger partial charge is 0.497 e.